The highest BCUT2D eigenvalue weighted by Gasteiger charge is 2.13. The zero-order valence-corrected chi connectivity index (χ0v) is 12.7. The van der Waals surface area contributed by atoms with Gasteiger partial charge in [0.2, 0.25) is 0 Å². The lowest BCUT2D eigenvalue weighted by molar-refractivity contribution is 0.775. The molecule has 3 nitrogen and oxygen atoms in total. The molecule has 0 atom stereocenters. The third-order valence-electron chi connectivity index (χ3n) is 3.82. The molecule has 108 valence electrons. The number of nitrogens with zero attached hydrogens (tertiary/aromatic N) is 3. The zero-order chi connectivity index (χ0) is 15.5. The molecule has 22 heavy (non-hydrogen) atoms. The molecule has 3 aromatic rings. The summed E-state index contributed by atoms with van der Waals surface area (Å²) in [4.78, 5) is 4.65. The summed E-state index contributed by atoms with van der Waals surface area (Å²) in [7, 11) is 0. The summed E-state index contributed by atoms with van der Waals surface area (Å²) >= 11 is 0. The standard InChI is InChI=1S/C19H17N3/c1-3-22-18-11-7-6-10-17(18)21-19(22)16(13-20)12-15-9-5-4-8-14(15)2/h4-12H,3H2,1-2H3/b16-12+. The fraction of sp³-hybridized carbons (Fsp3) is 0.158. The predicted octanol–water partition coefficient (Wildman–Crippen LogP) is 4.43. The molecule has 0 unspecified atom stereocenters. The van der Waals surface area contributed by atoms with Crippen LogP contribution < -0.4 is 0 Å². The average molecular weight is 287 g/mol. The van der Waals surface area contributed by atoms with Crippen LogP contribution in [-0.2, 0) is 6.54 Å². The van der Waals surface area contributed by atoms with Crippen molar-refractivity contribution in [1.82, 2.24) is 9.55 Å². The number of para-hydroxylation sites is 2. The van der Waals surface area contributed by atoms with Crippen molar-refractivity contribution in [2.45, 2.75) is 20.4 Å². The molecule has 0 spiro atoms. The van der Waals surface area contributed by atoms with Crippen LogP contribution in [0.3, 0.4) is 0 Å². The maximum atomic E-state index is 9.61. The summed E-state index contributed by atoms with van der Waals surface area (Å²) in [6.45, 7) is 4.90. The molecule has 0 bridgehead atoms. The summed E-state index contributed by atoms with van der Waals surface area (Å²) in [5, 5.41) is 9.61. The second-order valence-electron chi connectivity index (χ2n) is 5.19. The SMILES string of the molecule is CCn1c(/C(C#N)=C/c2ccccc2C)nc2ccccc21. The zero-order valence-electron chi connectivity index (χ0n) is 12.7. The monoisotopic (exact) mass is 287 g/mol. The lowest BCUT2D eigenvalue weighted by Gasteiger charge is -2.06. The lowest BCUT2D eigenvalue weighted by atomic mass is 10.1. The number of hydrogen-bond acceptors (Lipinski definition) is 2. The molecular weight excluding hydrogens is 270 g/mol. The Morgan fingerprint density at radius 2 is 1.91 bits per heavy atom. The van der Waals surface area contributed by atoms with Crippen molar-refractivity contribution in [2.24, 2.45) is 0 Å². The smallest absolute Gasteiger partial charge is 0.151 e. The Bertz CT molecular complexity index is 894. The van der Waals surface area contributed by atoms with Gasteiger partial charge in [-0.1, -0.05) is 36.4 Å². The number of hydrogen-bond donors (Lipinski definition) is 0. The number of rotatable bonds is 3. The average Bonchev–Trinajstić information content (AvgIpc) is 2.92. The maximum absolute atomic E-state index is 9.61. The van der Waals surface area contributed by atoms with E-state index in [9.17, 15) is 5.26 Å². The van der Waals surface area contributed by atoms with Crippen LogP contribution in [0.25, 0.3) is 22.7 Å². The number of imidazole rings is 1. The van der Waals surface area contributed by atoms with Crippen LogP contribution in [-0.4, -0.2) is 9.55 Å². The Morgan fingerprint density at radius 3 is 2.64 bits per heavy atom. The van der Waals surface area contributed by atoms with Gasteiger partial charge in [0.15, 0.2) is 5.82 Å². The van der Waals surface area contributed by atoms with Crippen LogP contribution in [0.5, 0.6) is 0 Å². The Morgan fingerprint density at radius 1 is 1.18 bits per heavy atom. The molecule has 3 heteroatoms. The number of nitriles is 1. The minimum Gasteiger partial charge on any atom is -0.324 e. The summed E-state index contributed by atoms with van der Waals surface area (Å²) in [6, 6.07) is 18.3. The summed E-state index contributed by atoms with van der Waals surface area (Å²) in [5.41, 5.74) is 4.77. The van der Waals surface area contributed by atoms with Gasteiger partial charge < -0.3 is 4.57 Å². The summed E-state index contributed by atoms with van der Waals surface area (Å²) in [5.74, 6) is 0.731. The lowest BCUT2D eigenvalue weighted by Crippen LogP contribution is -2.00. The summed E-state index contributed by atoms with van der Waals surface area (Å²) in [6.07, 6.45) is 1.92. The number of benzene rings is 2. The van der Waals surface area contributed by atoms with Crippen molar-refractivity contribution in [3.63, 3.8) is 0 Å². The molecule has 0 amide bonds. The molecule has 0 aliphatic carbocycles. The molecule has 3 rings (SSSR count). The van der Waals surface area contributed by atoms with Crippen LogP contribution in [0, 0.1) is 18.3 Å². The number of aryl methyl sites for hydroxylation is 2. The summed E-state index contributed by atoms with van der Waals surface area (Å²) < 4.78 is 2.09. The first kappa shape index (κ1) is 14.1. The molecule has 0 saturated heterocycles. The fourth-order valence-electron chi connectivity index (χ4n) is 2.65. The van der Waals surface area contributed by atoms with E-state index in [4.69, 9.17) is 0 Å². The number of fused-ring (bicyclic) bond motifs is 1. The van der Waals surface area contributed by atoms with Gasteiger partial charge in [0.05, 0.1) is 16.6 Å². The molecule has 2 aromatic carbocycles. The Labute approximate surface area is 130 Å². The normalized spacial score (nSPS) is 11.6. The topological polar surface area (TPSA) is 41.6 Å². The first-order valence-corrected chi connectivity index (χ1v) is 7.37. The van der Waals surface area contributed by atoms with Crippen molar-refractivity contribution in [1.29, 1.82) is 5.26 Å². The molecule has 0 aliphatic rings. The van der Waals surface area contributed by atoms with Gasteiger partial charge in [-0.05, 0) is 43.2 Å². The van der Waals surface area contributed by atoms with E-state index >= 15 is 0 Å². The van der Waals surface area contributed by atoms with Crippen molar-refractivity contribution in [3.8, 4) is 6.07 Å². The van der Waals surface area contributed by atoms with Crippen LogP contribution >= 0.6 is 0 Å². The van der Waals surface area contributed by atoms with Crippen LogP contribution in [0.1, 0.15) is 23.9 Å². The first-order valence-electron chi connectivity index (χ1n) is 7.37. The van der Waals surface area contributed by atoms with Crippen LogP contribution in [0.4, 0.5) is 0 Å². The minimum absolute atomic E-state index is 0.590. The van der Waals surface area contributed by atoms with Crippen molar-refractivity contribution >= 4 is 22.7 Å². The van der Waals surface area contributed by atoms with Crippen molar-refractivity contribution in [3.05, 3.63) is 65.5 Å². The van der Waals surface area contributed by atoms with Gasteiger partial charge in [-0.25, -0.2) is 4.98 Å². The van der Waals surface area contributed by atoms with Crippen LogP contribution in [0.2, 0.25) is 0 Å². The highest BCUT2D eigenvalue weighted by atomic mass is 15.1. The van der Waals surface area contributed by atoms with E-state index in [0.717, 1.165) is 34.5 Å². The second kappa shape index (κ2) is 5.87. The van der Waals surface area contributed by atoms with E-state index in [1.807, 2.05) is 61.5 Å². The van der Waals surface area contributed by atoms with Gasteiger partial charge in [-0.3, -0.25) is 0 Å². The van der Waals surface area contributed by atoms with E-state index in [1.54, 1.807) is 0 Å². The van der Waals surface area contributed by atoms with Gasteiger partial charge in [0.1, 0.15) is 6.07 Å². The van der Waals surface area contributed by atoms with Crippen LogP contribution in [0.15, 0.2) is 48.5 Å². The largest absolute Gasteiger partial charge is 0.324 e. The van der Waals surface area contributed by atoms with Crippen molar-refractivity contribution in [2.75, 3.05) is 0 Å². The molecular formula is C19H17N3. The predicted molar refractivity (Wildman–Crippen MR) is 90.1 cm³/mol. The van der Waals surface area contributed by atoms with E-state index in [0.29, 0.717) is 5.57 Å². The highest BCUT2D eigenvalue weighted by molar-refractivity contribution is 5.91. The molecule has 1 aromatic heterocycles. The van der Waals surface area contributed by atoms with E-state index in [-0.39, 0.29) is 0 Å². The molecule has 0 N–H and O–H groups in total. The van der Waals surface area contributed by atoms with Gasteiger partial charge >= 0.3 is 0 Å². The fourth-order valence-corrected chi connectivity index (χ4v) is 2.65. The number of allylic oxidation sites excluding steroid dienone is 1. The third kappa shape index (κ3) is 2.40. The van der Waals surface area contributed by atoms with Gasteiger partial charge in [-0.2, -0.15) is 5.26 Å². The molecule has 0 fully saturated rings. The first-order chi connectivity index (χ1) is 10.7. The molecule has 1 heterocycles. The highest BCUT2D eigenvalue weighted by Crippen LogP contribution is 2.23. The minimum atomic E-state index is 0.590. The Balaban J connectivity index is 2.20. The number of aromatic nitrogens is 2. The van der Waals surface area contributed by atoms with Crippen molar-refractivity contribution < 1.29 is 0 Å². The molecule has 0 radical (unpaired) electrons. The van der Waals surface area contributed by atoms with E-state index in [2.05, 4.69) is 22.5 Å². The van der Waals surface area contributed by atoms with Gasteiger partial charge in [0.25, 0.3) is 0 Å². The quantitative estimate of drug-likeness (QED) is 0.669. The third-order valence-corrected chi connectivity index (χ3v) is 3.82. The second-order valence-corrected chi connectivity index (χ2v) is 5.19. The van der Waals surface area contributed by atoms with Gasteiger partial charge in [-0.15, -0.1) is 0 Å². The van der Waals surface area contributed by atoms with E-state index < -0.39 is 0 Å². The molecule has 0 saturated carbocycles. The Kier molecular flexibility index (Phi) is 3.76. The Hall–Kier alpha value is -2.86. The van der Waals surface area contributed by atoms with Gasteiger partial charge in [0, 0.05) is 6.54 Å². The van der Waals surface area contributed by atoms with E-state index in [1.165, 1.54) is 0 Å². The maximum Gasteiger partial charge on any atom is 0.151 e. The molecule has 0 aliphatic heterocycles.